The molecule has 118 valence electrons. The molecule has 0 aromatic carbocycles. The second kappa shape index (κ2) is 13.3. The quantitative estimate of drug-likeness (QED) is 0.496. The second-order valence-electron chi connectivity index (χ2n) is 5.00. The third-order valence-corrected chi connectivity index (χ3v) is 3.04. The van der Waals surface area contributed by atoms with E-state index < -0.39 is 5.54 Å². The summed E-state index contributed by atoms with van der Waals surface area (Å²) in [7, 11) is 1.69. The van der Waals surface area contributed by atoms with Crippen LogP contribution in [0, 0.1) is 11.3 Å². The van der Waals surface area contributed by atoms with Crippen LogP contribution in [0.3, 0.4) is 0 Å². The number of nitrogens with one attached hydrogen (secondary N) is 1. The van der Waals surface area contributed by atoms with Crippen molar-refractivity contribution in [3.8, 4) is 6.07 Å². The molecule has 0 fully saturated rings. The summed E-state index contributed by atoms with van der Waals surface area (Å²) in [6.45, 7) is 8.25. The van der Waals surface area contributed by atoms with Crippen LogP contribution in [0.1, 0.15) is 39.5 Å². The van der Waals surface area contributed by atoms with E-state index in [0.29, 0.717) is 13.2 Å². The van der Waals surface area contributed by atoms with Crippen molar-refractivity contribution in [2.45, 2.75) is 45.1 Å². The van der Waals surface area contributed by atoms with Crippen LogP contribution in [0.25, 0.3) is 0 Å². The lowest BCUT2D eigenvalue weighted by Gasteiger charge is -2.22. The minimum absolute atomic E-state index is 0.404. The average molecular weight is 286 g/mol. The monoisotopic (exact) mass is 286 g/mol. The van der Waals surface area contributed by atoms with Crippen LogP contribution in [-0.4, -0.2) is 52.2 Å². The van der Waals surface area contributed by atoms with Crippen LogP contribution >= 0.6 is 0 Å². The van der Waals surface area contributed by atoms with Gasteiger partial charge in [0.25, 0.3) is 0 Å². The molecule has 1 atom stereocenters. The minimum atomic E-state index is -0.404. The highest BCUT2D eigenvalue weighted by Gasteiger charge is 2.20. The Morgan fingerprint density at radius 3 is 2.20 bits per heavy atom. The number of nitriles is 1. The van der Waals surface area contributed by atoms with Crippen molar-refractivity contribution in [1.29, 1.82) is 5.26 Å². The van der Waals surface area contributed by atoms with Crippen molar-refractivity contribution in [1.82, 2.24) is 5.32 Å². The van der Waals surface area contributed by atoms with Crippen molar-refractivity contribution >= 4 is 0 Å². The van der Waals surface area contributed by atoms with Gasteiger partial charge in [0.05, 0.1) is 19.3 Å². The van der Waals surface area contributed by atoms with Gasteiger partial charge in [0, 0.05) is 26.9 Å². The molecule has 1 unspecified atom stereocenters. The molecule has 0 bridgehead atoms. The maximum Gasteiger partial charge on any atom is 0.103 e. The largest absolute Gasteiger partial charge is 0.385 e. The Kier molecular flexibility index (Phi) is 12.9. The Hall–Kier alpha value is -0.670. The molecular weight excluding hydrogens is 256 g/mol. The van der Waals surface area contributed by atoms with Crippen molar-refractivity contribution in [2.24, 2.45) is 0 Å². The van der Waals surface area contributed by atoms with Crippen LogP contribution in [0.15, 0.2) is 0 Å². The van der Waals surface area contributed by atoms with Gasteiger partial charge >= 0.3 is 0 Å². The highest BCUT2D eigenvalue weighted by molar-refractivity contribution is 5.03. The molecular formula is C15H30N2O3. The summed E-state index contributed by atoms with van der Waals surface area (Å²) in [6, 6.07) is 2.33. The first-order valence-electron chi connectivity index (χ1n) is 7.49. The SMILES string of the molecule is CCNC(C)(C#N)CCCCOCCOCCCOC. The van der Waals surface area contributed by atoms with Crippen molar-refractivity contribution in [3.05, 3.63) is 0 Å². The van der Waals surface area contributed by atoms with Crippen LogP contribution in [-0.2, 0) is 14.2 Å². The number of rotatable bonds is 14. The number of unbranched alkanes of at least 4 members (excludes halogenated alkanes) is 1. The molecule has 0 heterocycles. The molecule has 0 aliphatic heterocycles. The molecule has 0 rings (SSSR count). The zero-order chi connectivity index (χ0) is 15.1. The van der Waals surface area contributed by atoms with E-state index in [4.69, 9.17) is 19.5 Å². The molecule has 20 heavy (non-hydrogen) atoms. The molecule has 0 amide bonds. The van der Waals surface area contributed by atoms with E-state index in [2.05, 4.69) is 11.4 Å². The highest BCUT2D eigenvalue weighted by atomic mass is 16.5. The predicted molar refractivity (Wildman–Crippen MR) is 79.7 cm³/mol. The van der Waals surface area contributed by atoms with Gasteiger partial charge in [-0.3, -0.25) is 5.32 Å². The van der Waals surface area contributed by atoms with Crippen molar-refractivity contribution in [2.75, 3.05) is 46.7 Å². The van der Waals surface area contributed by atoms with Gasteiger partial charge in [0.1, 0.15) is 5.54 Å². The first-order chi connectivity index (χ1) is 9.68. The lowest BCUT2D eigenvalue weighted by Crippen LogP contribution is -2.40. The van der Waals surface area contributed by atoms with Gasteiger partial charge in [-0.2, -0.15) is 5.26 Å². The lowest BCUT2D eigenvalue weighted by molar-refractivity contribution is 0.0384. The van der Waals surface area contributed by atoms with E-state index in [1.165, 1.54) is 0 Å². The molecule has 0 radical (unpaired) electrons. The molecule has 0 saturated heterocycles. The molecule has 0 aliphatic rings. The first-order valence-corrected chi connectivity index (χ1v) is 7.49. The van der Waals surface area contributed by atoms with E-state index in [1.54, 1.807) is 7.11 Å². The van der Waals surface area contributed by atoms with E-state index in [-0.39, 0.29) is 0 Å². The van der Waals surface area contributed by atoms with Crippen molar-refractivity contribution < 1.29 is 14.2 Å². The Labute approximate surface area is 123 Å². The number of nitrogens with zero attached hydrogens (tertiary/aromatic N) is 1. The summed E-state index contributed by atoms with van der Waals surface area (Å²) in [5.74, 6) is 0. The normalized spacial score (nSPS) is 13.9. The fourth-order valence-corrected chi connectivity index (χ4v) is 1.88. The van der Waals surface area contributed by atoms with Crippen LogP contribution in [0.5, 0.6) is 0 Å². The first kappa shape index (κ1) is 19.3. The number of ether oxygens (including phenoxy) is 3. The Bertz CT molecular complexity index is 256. The van der Waals surface area contributed by atoms with Gasteiger partial charge in [-0.15, -0.1) is 0 Å². The minimum Gasteiger partial charge on any atom is -0.385 e. The van der Waals surface area contributed by atoms with Crippen molar-refractivity contribution in [3.63, 3.8) is 0 Å². The third-order valence-electron chi connectivity index (χ3n) is 3.04. The summed E-state index contributed by atoms with van der Waals surface area (Å²) in [5.41, 5.74) is -0.404. The van der Waals surface area contributed by atoms with Gasteiger partial charge in [-0.25, -0.2) is 0 Å². The highest BCUT2D eigenvalue weighted by Crippen LogP contribution is 2.12. The van der Waals surface area contributed by atoms with E-state index in [0.717, 1.165) is 52.0 Å². The molecule has 1 N–H and O–H groups in total. The zero-order valence-electron chi connectivity index (χ0n) is 13.2. The topological polar surface area (TPSA) is 63.5 Å². The standard InChI is InChI=1S/C15H30N2O3/c1-4-17-15(2,14-16)8-5-6-10-19-12-13-20-11-7-9-18-3/h17H,4-13H2,1-3H3. The fraction of sp³-hybridized carbons (Fsp3) is 0.933. The Balaban J connectivity index is 3.30. The maximum absolute atomic E-state index is 9.11. The molecule has 0 aliphatic carbocycles. The van der Waals surface area contributed by atoms with Crippen LogP contribution in [0.2, 0.25) is 0 Å². The second-order valence-corrected chi connectivity index (χ2v) is 5.00. The van der Waals surface area contributed by atoms with Gasteiger partial charge in [0.15, 0.2) is 0 Å². The number of hydrogen-bond donors (Lipinski definition) is 1. The Morgan fingerprint density at radius 2 is 1.65 bits per heavy atom. The number of hydrogen-bond acceptors (Lipinski definition) is 5. The Morgan fingerprint density at radius 1 is 1.00 bits per heavy atom. The van der Waals surface area contributed by atoms with Gasteiger partial charge in [-0.1, -0.05) is 6.92 Å². The van der Waals surface area contributed by atoms with Crippen LogP contribution in [0.4, 0.5) is 0 Å². The van der Waals surface area contributed by atoms with E-state index in [9.17, 15) is 0 Å². The fourth-order valence-electron chi connectivity index (χ4n) is 1.88. The molecule has 5 nitrogen and oxygen atoms in total. The lowest BCUT2D eigenvalue weighted by atomic mass is 9.97. The zero-order valence-corrected chi connectivity index (χ0v) is 13.2. The average Bonchev–Trinajstić information content (AvgIpc) is 2.45. The van der Waals surface area contributed by atoms with Gasteiger partial charge < -0.3 is 14.2 Å². The molecule has 0 aromatic rings. The number of methoxy groups -OCH3 is 1. The molecule has 0 spiro atoms. The van der Waals surface area contributed by atoms with Gasteiger partial charge in [-0.05, 0) is 39.2 Å². The van der Waals surface area contributed by atoms with E-state index in [1.807, 2.05) is 13.8 Å². The van der Waals surface area contributed by atoms with Crippen LogP contribution < -0.4 is 5.32 Å². The predicted octanol–water partition coefficient (Wildman–Crippen LogP) is 2.12. The summed E-state index contributed by atoms with van der Waals surface area (Å²) < 4.78 is 15.8. The maximum atomic E-state index is 9.11. The van der Waals surface area contributed by atoms with Gasteiger partial charge in [0.2, 0.25) is 0 Å². The third kappa shape index (κ3) is 11.2. The summed E-state index contributed by atoms with van der Waals surface area (Å²) in [6.07, 6.45) is 3.75. The summed E-state index contributed by atoms with van der Waals surface area (Å²) in [4.78, 5) is 0. The molecule has 0 saturated carbocycles. The summed E-state index contributed by atoms with van der Waals surface area (Å²) >= 11 is 0. The molecule has 0 aromatic heterocycles. The van der Waals surface area contributed by atoms with E-state index >= 15 is 0 Å². The smallest absolute Gasteiger partial charge is 0.103 e. The summed E-state index contributed by atoms with van der Waals surface area (Å²) in [5, 5.41) is 12.3. The molecule has 5 heteroatoms.